The van der Waals surface area contributed by atoms with Gasteiger partial charge in [0.25, 0.3) is 0 Å². The Balaban J connectivity index is 1.95. The minimum atomic E-state index is 0.830. The molecule has 0 aliphatic rings. The molecular weight excluding hydrogens is 208 g/mol. The summed E-state index contributed by atoms with van der Waals surface area (Å²) in [6.45, 7) is 4.09. The maximum absolute atomic E-state index is 3.80. The highest BCUT2D eigenvalue weighted by molar-refractivity contribution is 7.09. The average molecular weight is 222 g/mol. The quantitative estimate of drug-likeness (QED) is 0.844. The third kappa shape index (κ3) is 2.56. The third-order valence-corrected chi connectivity index (χ3v) is 2.82. The average Bonchev–Trinajstić information content (AvgIpc) is 2.85. The fourth-order valence-electron chi connectivity index (χ4n) is 1.49. The summed E-state index contributed by atoms with van der Waals surface area (Å²) in [5, 5.41) is 8.09. The molecule has 2 aromatic heterocycles. The van der Waals surface area contributed by atoms with Crippen LogP contribution in [0.5, 0.6) is 0 Å². The van der Waals surface area contributed by atoms with Gasteiger partial charge in [0.1, 0.15) is 5.00 Å². The van der Waals surface area contributed by atoms with Crippen LogP contribution in [0.1, 0.15) is 19.0 Å². The number of nitrogens with one attached hydrogen (secondary N) is 1. The molecule has 0 aliphatic heterocycles. The van der Waals surface area contributed by atoms with Crippen LogP contribution < -0.4 is 5.32 Å². The van der Waals surface area contributed by atoms with E-state index in [0.29, 0.717) is 0 Å². The Hall–Kier alpha value is -1.36. The first-order valence-electron chi connectivity index (χ1n) is 5.05. The first-order chi connectivity index (χ1) is 7.40. The largest absolute Gasteiger partial charge is 0.369 e. The second kappa shape index (κ2) is 4.93. The van der Waals surface area contributed by atoms with Gasteiger partial charge in [-0.2, -0.15) is 0 Å². The molecule has 0 spiro atoms. The van der Waals surface area contributed by atoms with E-state index in [4.69, 9.17) is 0 Å². The molecule has 15 heavy (non-hydrogen) atoms. The van der Waals surface area contributed by atoms with E-state index in [1.807, 2.05) is 0 Å². The van der Waals surface area contributed by atoms with E-state index in [-0.39, 0.29) is 0 Å². The second-order valence-corrected chi connectivity index (χ2v) is 4.11. The zero-order chi connectivity index (χ0) is 10.5. The van der Waals surface area contributed by atoms with Crippen molar-refractivity contribution in [1.82, 2.24) is 14.2 Å². The lowest BCUT2D eigenvalue weighted by Crippen LogP contribution is -2.06. The molecule has 0 saturated carbocycles. The van der Waals surface area contributed by atoms with Crippen LogP contribution in [0.25, 0.3) is 0 Å². The number of anilines is 1. The first-order valence-corrected chi connectivity index (χ1v) is 5.82. The number of rotatable bonds is 5. The Morgan fingerprint density at radius 1 is 1.53 bits per heavy atom. The van der Waals surface area contributed by atoms with Crippen molar-refractivity contribution in [3.8, 4) is 0 Å². The number of aryl methyl sites for hydroxylation is 1. The molecule has 4 nitrogen and oxygen atoms in total. The molecule has 1 N–H and O–H groups in total. The number of nitrogens with zero attached hydrogens (tertiary/aromatic N) is 3. The minimum absolute atomic E-state index is 0.830. The topological polar surface area (TPSA) is 42.7 Å². The lowest BCUT2D eigenvalue weighted by molar-refractivity contribution is 0.654. The van der Waals surface area contributed by atoms with Gasteiger partial charge in [0, 0.05) is 30.0 Å². The van der Waals surface area contributed by atoms with Crippen molar-refractivity contribution in [3.63, 3.8) is 0 Å². The van der Waals surface area contributed by atoms with Gasteiger partial charge in [0.2, 0.25) is 0 Å². The van der Waals surface area contributed by atoms with Crippen molar-refractivity contribution in [2.45, 2.75) is 26.4 Å². The van der Waals surface area contributed by atoms with Crippen LogP contribution in [-0.2, 0) is 13.1 Å². The summed E-state index contributed by atoms with van der Waals surface area (Å²) >= 11 is 1.38. The van der Waals surface area contributed by atoms with E-state index in [1.54, 1.807) is 6.20 Å². The highest BCUT2D eigenvalue weighted by atomic mass is 32.1. The summed E-state index contributed by atoms with van der Waals surface area (Å²) in [5.41, 5.74) is 1.30. The van der Waals surface area contributed by atoms with Gasteiger partial charge >= 0.3 is 0 Å². The molecule has 0 atom stereocenters. The maximum Gasteiger partial charge on any atom is 0.130 e. The molecule has 2 aromatic rings. The standard InChI is InChI=1S/C10H14N4S/c1-2-5-14-6-3-4-9(14)7-11-10-8-12-13-15-10/h3-4,6,8,11H,2,5,7H2,1H3. The van der Waals surface area contributed by atoms with Crippen LogP contribution in [0.15, 0.2) is 24.5 Å². The Bertz CT molecular complexity index is 393. The van der Waals surface area contributed by atoms with E-state index in [2.05, 4.69) is 44.7 Å². The maximum atomic E-state index is 3.80. The van der Waals surface area contributed by atoms with E-state index >= 15 is 0 Å². The van der Waals surface area contributed by atoms with Crippen molar-refractivity contribution in [2.75, 3.05) is 5.32 Å². The first kappa shape index (κ1) is 10.2. The number of hydrogen-bond acceptors (Lipinski definition) is 4. The smallest absolute Gasteiger partial charge is 0.130 e. The minimum Gasteiger partial charge on any atom is -0.369 e. The van der Waals surface area contributed by atoms with E-state index in [9.17, 15) is 0 Å². The van der Waals surface area contributed by atoms with E-state index in [1.165, 1.54) is 17.2 Å². The molecule has 2 heterocycles. The van der Waals surface area contributed by atoms with Gasteiger partial charge in [0.15, 0.2) is 0 Å². The summed E-state index contributed by atoms with van der Waals surface area (Å²) in [4.78, 5) is 0. The highest BCUT2D eigenvalue weighted by Gasteiger charge is 2.00. The van der Waals surface area contributed by atoms with E-state index < -0.39 is 0 Å². The fourth-order valence-corrected chi connectivity index (χ4v) is 1.90. The van der Waals surface area contributed by atoms with Crippen molar-refractivity contribution < 1.29 is 0 Å². The van der Waals surface area contributed by atoms with Crippen LogP contribution in [0.3, 0.4) is 0 Å². The van der Waals surface area contributed by atoms with Gasteiger partial charge in [-0.3, -0.25) is 0 Å². The van der Waals surface area contributed by atoms with Gasteiger partial charge in [-0.25, -0.2) is 0 Å². The molecule has 5 heteroatoms. The Morgan fingerprint density at radius 2 is 2.47 bits per heavy atom. The summed E-state index contributed by atoms with van der Waals surface area (Å²) in [6.07, 6.45) is 5.02. The van der Waals surface area contributed by atoms with Crippen LogP contribution >= 0.6 is 11.5 Å². The summed E-state index contributed by atoms with van der Waals surface area (Å²) in [7, 11) is 0. The molecule has 0 unspecified atom stereocenters. The van der Waals surface area contributed by atoms with Crippen molar-refractivity contribution in [3.05, 3.63) is 30.2 Å². The number of hydrogen-bond donors (Lipinski definition) is 1. The van der Waals surface area contributed by atoms with Crippen LogP contribution in [-0.4, -0.2) is 14.2 Å². The molecule has 0 fully saturated rings. The SMILES string of the molecule is CCCn1cccc1CNc1cnns1. The molecule has 0 saturated heterocycles. The van der Waals surface area contributed by atoms with Crippen LogP contribution in [0.2, 0.25) is 0 Å². The Morgan fingerprint density at radius 3 is 3.20 bits per heavy atom. The summed E-state index contributed by atoms with van der Waals surface area (Å²) < 4.78 is 6.07. The summed E-state index contributed by atoms with van der Waals surface area (Å²) in [6, 6.07) is 4.22. The molecule has 0 amide bonds. The van der Waals surface area contributed by atoms with Gasteiger partial charge in [-0.05, 0) is 18.6 Å². The molecule has 0 bridgehead atoms. The number of aromatic nitrogens is 3. The Kier molecular flexibility index (Phi) is 3.34. The second-order valence-electron chi connectivity index (χ2n) is 3.33. The molecule has 0 aliphatic carbocycles. The zero-order valence-corrected chi connectivity index (χ0v) is 9.50. The lowest BCUT2D eigenvalue weighted by Gasteiger charge is -2.08. The Labute approximate surface area is 93.1 Å². The van der Waals surface area contributed by atoms with Gasteiger partial charge in [-0.1, -0.05) is 11.4 Å². The van der Waals surface area contributed by atoms with Crippen molar-refractivity contribution >= 4 is 16.5 Å². The van der Waals surface area contributed by atoms with Crippen molar-refractivity contribution in [2.24, 2.45) is 0 Å². The lowest BCUT2D eigenvalue weighted by atomic mass is 10.4. The molecule has 0 aromatic carbocycles. The summed E-state index contributed by atoms with van der Waals surface area (Å²) in [5.74, 6) is 0. The van der Waals surface area contributed by atoms with Gasteiger partial charge in [0.05, 0.1) is 12.7 Å². The fraction of sp³-hybridized carbons (Fsp3) is 0.400. The molecule has 80 valence electrons. The highest BCUT2D eigenvalue weighted by Crippen LogP contribution is 2.12. The molecule has 2 rings (SSSR count). The zero-order valence-electron chi connectivity index (χ0n) is 8.68. The predicted molar refractivity (Wildman–Crippen MR) is 62.0 cm³/mol. The van der Waals surface area contributed by atoms with Crippen LogP contribution in [0.4, 0.5) is 5.00 Å². The third-order valence-electron chi connectivity index (χ3n) is 2.19. The molecular formula is C10H14N4S. The van der Waals surface area contributed by atoms with Gasteiger partial charge in [-0.15, -0.1) is 5.10 Å². The molecule has 0 radical (unpaired) electrons. The van der Waals surface area contributed by atoms with E-state index in [0.717, 1.165) is 24.5 Å². The monoisotopic (exact) mass is 222 g/mol. The normalized spacial score (nSPS) is 10.5. The van der Waals surface area contributed by atoms with Gasteiger partial charge < -0.3 is 9.88 Å². The van der Waals surface area contributed by atoms with Crippen LogP contribution in [0, 0.1) is 0 Å². The van der Waals surface area contributed by atoms with Crippen molar-refractivity contribution in [1.29, 1.82) is 0 Å². The predicted octanol–water partition coefficient (Wildman–Crippen LogP) is 2.36.